The second-order valence-electron chi connectivity index (χ2n) is 5.59. The molecule has 0 spiro atoms. The van der Waals surface area contributed by atoms with Crippen LogP contribution in [-0.4, -0.2) is 28.4 Å². The molecule has 1 heterocycles. The zero-order valence-electron chi connectivity index (χ0n) is 11.4. The summed E-state index contributed by atoms with van der Waals surface area (Å²) in [5, 5.41) is 0. The molecular weight excluding hydrogens is 268 g/mol. The Kier molecular flexibility index (Phi) is 3.28. The minimum atomic E-state index is -3.59. The summed E-state index contributed by atoms with van der Waals surface area (Å²) in [6.45, 7) is 4.81. The molecule has 6 heteroatoms. The van der Waals surface area contributed by atoms with E-state index in [9.17, 15) is 18.4 Å². The van der Waals surface area contributed by atoms with Gasteiger partial charge in [-0.1, -0.05) is 30.3 Å². The van der Waals surface area contributed by atoms with Gasteiger partial charge in [-0.25, -0.2) is 9.69 Å². The molecule has 0 aliphatic carbocycles. The molecule has 2 rings (SSSR count). The predicted molar refractivity (Wildman–Crippen MR) is 67.2 cm³/mol. The van der Waals surface area contributed by atoms with Crippen LogP contribution in [0.5, 0.6) is 0 Å². The van der Waals surface area contributed by atoms with Gasteiger partial charge in [0.05, 0.1) is 0 Å². The van der Waals surface area contributed by atoms with Gasteiger partial charge in [-0.2, -0.15) is 8.78 Å². The van der Waals surface area contributed by atoms with Crippen molar-refractivity contribution in [2.75, 3.05) is 0 Å². The van der Waals surface area contributed by atoms with Gasteiger partial charge < -0.3 is 4.74 Å². The van der Waals surface area contributed by atoms with Gasteiger partial charge in [-0.05, 0) is 26.3 Å². The van der Waals surface area contributed by atoms with Crippen molar-refractivity contribution in [1.29, 1.82) is 0 Å². The largest absolute Gasteiger partial charge is 0.443 e. The number of β-lactam (4-membered cyclic amide) rings is 1. The van der Waals surface area contributed by atoms with Gasteiger partial charge in [0.1, 0.15) is 11.6 Å². The van der Waals surface area contributed by atoms with E-state index in [0.717, 1.165) is 0 Å². The molecule has 0 radical (unpaired) electrons. The average molecular weight is 283 g/mol. The van der Waals surface area contributed by atoms with Crippen molar-refractivity contribution in [2.45, 2.75) is 38.3 Å². The van der Waals surface area contributed by atoms with Crippen molar-refractivity contribution in [1.82, 2.24) is 4.90 Å². The summed E-state index contributed by atoms with van der Waals surface area (Å²) in [5.74, 6) is -5.11. The first-order valence-corrected chi connectivity index (χ1v) is 6.14. The van der Waals surface area contributed by atoms with Crippen LogP contribution in [-0.2, 0) is 9.53 Å². The Bertz CT molecular complexity index is 537. The van der Waals surface area contributed by atoms with Gasteiger partial charge in [0, 0.05) is 0 Å². The molecule has 0 N–H and O–H groups in total. The number of amides is 2. The number of ether oxygens (including phenoxy) is 1. The van der Waals surface area contributed by atoms with Crippen molar-refractivity contribution in [3.8, 4) is 0 Å². The summed E-state index contributed by atoms with van der Waals surface area (Å²) < 4.78 is 32.4. The number of carbonyl (C=O) groups is 2. The van der Waals surface area contributed by atoms with Crippen LogP contribution in [0.15, 0.2) is 30.3 Å². The molecule has 4 nitrogen and oxygen atoms in total. The Morgan fingerprint density at radius 1 is 1.25 bits per heavy atom. The molecule has 0 bridgehead atoms. The molecule has 1 saturated heterocycles. The first-order chi connectivity index (χ1) is 9.14. The fraction of sp³-hybridized carbons (Fsp3) is 0.429. The number of nitrogens with zero attached hydrogens (tertiary/aromatic N) is 1. The van der Waals surface area contributed by atoms with Gasteiger partial charge in [0.15, 0.2) is 0 Å². The Balaban J connectivity index is 2.29. The first-order valence-electron chi connectivity index (χ1n) is 6.14. The van der Waals surface area contributed by atoms with Crippen LogP contribution >= 0.6 is 0 Å². The molecule has 1 fully saturated rings. The number of alkyl halides is 2. The van der Waals surface area contributed by atoms with E-state index in [1.165, 1.54) is 12.1 Å². The van der Waals surface area contributed by atoms with E-state index in [1.807, 2.05) is 0 Å². The van der Waals surface area contributed by atoms with Crippen LogP contribution in [0.3, 0.4) is 0 Å². The zero-order valence-corrected chi connectivity index (χ0v) is 11.4. The number of halogens is 2. The van der Waals surface area contributed by atoms with Crippen molar-refractivity contribution in [2.24, 2.45) is 0 Å². The maximum atomic E-state index is 13.7. The number of hydrogen-bond donors (Lipinski definition) is 0. The van der Waals surface area contributed by atoms with Gasteiger partial charge in [0.25, 0.3) is 0 Å². The Labute approximate surface area is 115 Å². The molecule has 108 valence electrons. The van der Waals surface area contributed by atoms with E-state index in [0.29, 0.717) is 4.90 Å². The van der Waals surface area contributed by atoms with Crippen LogP contribution in [0.1, 0.15) is 32.4 Å². The molecule has 1 aliphatic heterocycles. The fourth-order valence-corrected chi connectivity index (χ4v) is 1.98. The lowest BCUT2D eigenvalue weighted by atomic mass is 9.90. The third kappa shape index (κ3) is 2.37. The standard InChI is InChI=1S/C14H15F2NO3/c1-13(2,3)20-12(19)17-10(14(15,16)11(17)18)9-7-5-4-6-8-9/h4-8,10H,1-3H3. The minimum absolute atomic E-state index is 0.197. The van der Waals surface area contributed by atoms with E-state index in [-0.39, 0.29) is 5.56 Å². The van der Waals surface area contributed by atoms with Crippen molar-refractivity contribution in [3.63, 3.8) is 0 Å². The molecular formula is C14H15F2NO3. The summed E-state index contributed by atoms with van der Waals surface area (Å²) >= 11 is 0. The lowest BCUT2D eigenvalue weighted by Crippen LogP contribution is -2.66. The molecule has 1 unspecified atom stereocenters. The van der Waals surface area contributed by atoms with Gasteiger partial charge >= 0.3 is 17.9 Å². The number of hydrogen-bond acceptors (Lipinski definition) is 3. The van der Waals surface area contributed by atoms with Crippen LogP contribution < -0.4 is 0 Å². The normalized spacial score (nSPS) is 21.4. The third-order valence-corrected chi connectivity index (χ3v) is 2.81. The number of rotatable bonds is 1. The first kappa shape index (κ1) is 14.4. The fourth-order valence-electron chi connectivity index (χ4n) is 1.98. The maximum absolute atomic E-state index is 13.7. The minimum Gasteiger partial charge on any atom is -0.443 e. The molecule has 1 atom stereocenters. The van der Waals surface area contributed by atoms with Crippen LogP contribution in [0.25, 0.3) is 0 Å². The molecule has 2 amide bonds. The van der Waals surface area contributed by atoms with E-state index >= 15 is 0 Å². The second-order valence-corrected chi connectivity index (χ2v) is 5.59. The highest BCUT2D eigenvalue weighted by atomic mass is 19.3. The van der Waals surface area contributed by atoms with Crippen molar-refractivity contribution < 1.29 is 23.1 Å². The molecule has 1 aromatic rings. The van der Waals surface area contributed by atoms with Crippen molar-refractivity contribution in [3.05, 3.63) is 35.9 Å². The highest BCUT2D eigenvalue weighted by molar-refractivity contribution is 6.03. The topological polar surface area (TPSA) is 46.6 Å². The second kappa shape index (κ2) is 4.54. The number of benzene rings is 1. The van der Waals surface area contributed by atoms with Gasteiger partial charge in [0.2, 0.25) is 0 Å². The summed E-state index contributed by atoms with van der Waals surface area (Å²) in [6, 6.07) is 6.10. The van der Waals surface area contributed by atoms with E-state index in [1.54, 1.807) is 39.0 Å². The summed E-state index contributed by atoms with van der Waals surface area (Å²) in [7, 11) is 0. The number of likely N-dealkylation sites (tertiary alicyclic amines) is 1. The lowest BCUT2D eigenvalue weighted by molar-refractivity contribution is -0.200. The van der Waals surface area contributed by atoms with Crippen molar-refractivity contribution >= 4 is 12.0 Å². The lowest BCUT2D eigenvalue weighted by Gasteiger charge is -2.44. The highest BCUT2D eigenvalue weighted by Gasteiger charge is 2.67. The summed E-state index contributed by atoms with van der Waals surface area (Å²) in [4.78, 5) is 23.8. The maximum Gasteiger partial charge on any atom is 0.418 e. The molecule has 1 aliphatic rings. The summed E-state index contributed by atoms with van der Waals surface area (Å²) in [5.41, 5.74) is -0.660. The Hall–Kier alpha value is -1.98. The monoisotopic (exact) mass is 283 g/mol. The zero-order chi connectivity index (χ0) is 15.1. The summed E-state index contributed by atoms with van der Waals surface area (Å²) in [6.07, 6.45) is -1.05. The number of carbonyl (C=O) groups excluding carboxylic acids is 2. The average Bonchev–Trinajstić information content (AvgIpc) is 2.33. The van der Waals surface area contributed by atoms with Crippen LogP contribution in [0, 0.1) is 0 Å². The highest BCUT2D eigenvalue weighted by Crippen LogP contribution is 2.47. The quantitative estimate of drug-likeness (QED) is 0.744. The third-order valence-electron chi connectivity index (χ3n) is 2.81. The van der Waals surface area contributed by atoms with Crippen LogP contribution in [0.4, 0.5) is 13.6 Å². The molecule has 20 heavy (non-hydrogen) atoms. The van der Waals surface area contributed by atoms with Gasteiger partial charge in [-0.3, -0.25) is 4.79 Å². The van der Waals surface area contributed by atoms with E-state index in [4.69, 9.17) is 4.74 Å². The predicted octanol–water partition coefficient (Wildman–Crippen LogP) is 3.14. The molecule has 0 aromatic heterocycles. The Morgan fingerprint density at radius 2 is 1.80 bits per heavy atom. The number of imide groups is 1. The SMILES string of the molecule is CC(C)(C)OC(=O)N1C(=O)C(F)(F)C1c1ccccc1. The smallest absolute Gasteiger partial charge is 0.418 e. The van der Waals surface area contributed by atoms with Crippen LogP contribution in [0.2, 0.25) is 0 Å². The molecule has 0 saturated carbocycles. The molecule has 1 aromatic carbocycles. The van der Waals surface area contributed by atoms with E-state index in [2.05, 4.69) is 0 Å². The van der Waals surface area contributed by atoms with E-state index < -0.39 is 29.6 Å². The van der Waals surface area contributed by atoms with Gasteiger partial charge in [-0.15, -0.1) is 0 Å². The Morgan fingerprint density at radius 3 is 2.30 bits per heavy atom.